The lowest BCUT2D eigenvalue weighted by atomic mass is 9.95. The molecule has 1 amide bonds. The van der Waals surface area contributed by atoms with E-state index in [1.165, 1.54) is 6.92 Å². The van der Waals surface area contributed by atoms with Crippen LogP contribution in [0.3, 0.4) is 0 Å². The summed E-state index contributed by atoms with van der Waals surface area (Å²) in [7, 11) is 0. The lowest BCUT2D eigenvalue weighted by Crippen LogP contribution is -2.30. The zero-order valence-electron chi connectivity index (χ0n) is 11.2. The Bertz CT molecular complexity index is 468. The first kappa shape index (κ1) is 14.2. The van der Waals surface area contributed by atoms with Crippen LogP contribution >= 0.6 is 0 Å². The Morgan fingerprint density at radius 2 is 1.78 bits per heavy atom. The van der Waals surface area contributed by atoms with Gasteiger partial charge in [0, 0.05) is 11.6 Å². The van der Waals surface area contributed by atoms with Crippen molar-refractivity contribution in [2.45, 2.75) is 27.7 Å². The molecule has 0 fully saturated rings. The molecule has 0 radical (unpaired) electrons. The number of hydrogen-bond acceptors (Lipinski definition) is 2. The minimum Gasteiger partial charge on any atom is -0.481 e. The summed E-state index contributed by atoms with van der Waals surface area (Å²) >= 11 is 0. The molecule has 0 aliphatic rings. The van der Waals surface area contributed by atoms with Gasteiger partial charge in [-0.15, -0.1) is 0 Å². The average Bonchev–Trinajstić information content (AvgIpc) is 2.32. The van der Waals surface area contributed by atoms with Crippen LogP contribution in [0.5, 0.6) is 0 Å². The lowest BCUT2D eigenvalue weighted by Gasteiger charge is -2.17. The third kappa shape index (κ3) is 3.09. The molecule has 0 bridgehead atoms. The van der Waals surface area contributed by atoms with E-state index in [9.17, 15) is 9.59 Å². The van der Waals surface area contributed by atoms with Gasteiger partial charge in [0.05, 0.1) is 5.92 Å². The highest BCUT2D eigenvalue weighted by molar-refractivity contribution is 5.95. The Morgan fingerprint density at radius 3 is 2.33 bits per heavy atom. The van der Waals surface area contributed by atoms with Crippen molar-refractivity contribution < 1.29 is 14.7 Å². The number of carboxylic acid groups (broad SMARTS) is 1. The number of carboxylic acids is 1. The van der Waals surface area contributed by atoms with Crippen molar-refractivity contribution in [2.75, 3.05) is 5.32 Å². The molecule has 1 aromatic carbocycles. The molecule has 0 spiro atoms. The fourth-order valence-electron chi connectivity index (χ4n) is 1.57. The Hall–Kier alpha value is -1.84. The molecule has 4 nitrogen and oxygen atoms in total. The number of carbonyl (C=O) groups excluding carboxylic acids is 1. The normalized spacial score (nSPS) is 13.8. The molecule has 18 heavy (non-hydrogen) atoms. The molecule has 0 saturated heterocycles. The van der Waals surface area contributed by atoms with Gasteiger partial charge in [0.1, 0.15) is 0 Å². The van der Waals surface area contributed by atoms with Crippen LogP contribution in [0.15, 0.2) is 18.2 Å². The van der Waals surface area contributed by atoms with Gasteiger partial charge in [0.25, 0.3) is 0 Å². The Balaban J connectivity index is 2.82. The summed E-state index contributed by atoms with van der Waals surface area (Å²) in [5, 5.41) is 11.7. The van der Waals surface area contributed by atoms with E-state index >= 15 is 0 Å². The van der Waals surface area contributed by atoms with E-state index in [1.54, 1.807) is 6.92 Å². The van der Waals surface area contributed by atoms with E-state index < -0.39 is 17.8 Å². The SMILES string of the molecule is Cc1cccc(NC(=O)C(C)C(C)C(=O)O)c1C. The van der Waals surface area contributed by atoms with Gasteiger partial charge >= 0.3 is 5.97 Å². The molecule has 98 valence electrons. The Kier molecular flexibility index (Phi) is 4.48. The standard InChI is InChI=1S/C14H19NO3/c1-8-6-5-7-12(9(8)2)15-13(16)10(3)11(4)14(17)18/h5-7,10-11H,1-4H3,(H,15,16)(H,17,18). The minimum absolute atomic E-state index is 0.265. The van der Waals surface area contributed by atoms with Crippen molar-refractivity contribution >= 4 is 17.6 Å². The van der Waals surface area contributed by atoms with Crippen LogP contribution in [0, 0.1) is 25.7 Å². The van der Waals surface area contributed by atoms with Gasteiger partial charge in [-0.3, -0.25) is 9.59 Å². The molecule has 0 saturated carbocycles. The summed E-state index contributed by atoms with van der Waals surface area (Å²) in [6.45, 7) is 7.06. The van der Waals surface area contributed by atoms with E-state index in [2.05, 4.69) is 5.32 Å². The number of aryl methyl sites for hydroxylation is 1. The number of anilines is 1. The summed E-state index contributed by atoms with van der Waals surface area (Å²) in [4.78, 5) is 22.8. The number of hydrogen-bond donors (Lipinski definition) is 2. The highest BCUT2D eigenvalue weighted by Crippen LogP contribution is 2.20. The van der Waals surface area contributed by atoms with Crippen molar-refractivity contribution in [3.63, 3.8) is 0 Å². The predicted octanol–water partition coefficient (Wildman–Crippen LogP) is 2.60. The van der Waals surface area contributed by atoms with E-state index in [0.717, 1.165) is 16.8 Å². The summed E-state index contributed by atoms with van der Waals surface area (Å²) in [6.07, 6.45) is 0. The van der Waals surface area contributed by atoms with Gasteiger partial charge in [-0.25, -0.2) is 0 Å². The highest BCUT2D eigenvalue weighted by Gasteiger charge is 2.25. The van der Waals surface area contributed by atoms with Crippen LogP contribution in [-0.4, -0.2) is 17.0 Å². The van der Waals surface area contributed by atoms with Crippen molar-refractivity contribution in [2.24, 2.45) is 11.8 Å². The molecule has 2 atom stereocenters. The summed E-state index contributed by atoms with van der Waals surface area (Å²) in [5.74, 6) is -2.49. The van der Waals surface area contributed by atoms with E-state index in [1.807, 2.05) is 32.0 Å². The van der Waals surface area contributed by atoms with Gasteiger partial charge in [-0.05, 0) is 31.0 Å². The topological polar surface area (TPSA) is 66.4 Å². The van der Waals surface area contributed by atoms with Crippen molar-refractivity contribution in [1.82, 2.24) is 0 Å². The first-order valence-corrected chi connectivity index (χ1v) is 5.94. The van der Waals surface area contributed by atoms with Crippen LogP contribution in [0.2, 0.25) is 0 Å². The molecule has 0 aliphatic heterocycles. The van der Waals surface area contributed by atoms with Crippen molar-refractivity contribution in [3.05, 3.63) is 29.3 Å². The molecule has 4 heteroatoms. The summed E-state index contributed by atoms with van der Waals surface area (Å²) in [5.41, 5.74) is 2.83. The molecule has 0 heterocycles. The largest absolute Gasteiger partial charge is 0.481 e. The van der Waals surface area contributed by atoms with Gasteiger partial charge in [-0.1, -0.05) is 26.0 Å². The zero-order valence-corrected chi connectivity index (χ0v) is 11.2. The van der Waals surface area contributed by atoms with Gasteiger partial charge < -0.3 is 10.4 Å². The monoisotopic (exact) mass is 249 g/mol. The van der Waals surface area contributed by atoms with Crippen molar-refractivity contribution in [3.8, 4) is 0 Å². The van der Waals surface area contributed by atoms with Crippen LogP contribution < -0.4 is 5.32 Å². The highest BCUT2D eigenvalue weighted by atomic mass is 16.4. The number of rotatable bonds is 4. The quantitative estimate of drug-likeness (QED) is 0.862. The third-order valence-corrected chi connectivity index (χ3v) is 3.42. The molecule has 2 N–H and O–H groups in total. The fraction of sp³-hybridized carbons (Fsp3) is 0.429. The summed E-state index contributed by atoms with van der Waals surface area (Å²) in [6, 6.07) is 5.65. The first-order chi connectivity index (χ1) is 8.34. The van der Waals surface area contributed by atoms with E-state index in [0.29, 0.717) is 0 Å². The Morgan fingerprint density at radius 1 is 1.17 bits per heavy atom. The number of benzene rings is 1. The number of nitrogens with one attached hydrogen (secondary N) is 1. The Labute approximate surface area is 107 Å². The molecule has 1 aromatic rings. The molecule has 2 unspecified atom stereocenters. The van der Waals surface area contributed by atoms with Gasteiger partial charge in [0.2, 0.25) is 5.91 Å². The number of carbonyl (C=O) groups is 2. The lowest BCUT2D eigenvalue weighted by molar-refractivity contribution is -0.145. The van der Waals surface area contributed by atoms with Gasteiger partial charge in [-0.2, -0.15) is 0 Å². The van der Waals surface area contributed by atoms with E-state index in [-0.39, 0.29) is 5.91 Å². The predicted molar refractivity (Wildman–Crippen MR) is 70.5 cm³/mol. The minimum atomic E-state index is -0.960. The molecule has 0 aliphatic carbocycles. The number of amides is 1. The van der Waals surface area contributed by atoms with Gasteiger partial charge in [0.15, 0.2) is 0 Å². The maximum absolute atomic E-state index is 11.9. The van der Waals surface area contributed by atoms with Crippen LogP contribution in [0.1, 0.15) is 25.0 Å². The maximum Gasteiger partial charge on any atom is 0.307 e. The molecule has 1 rings (SSSR count). The number of aliphatic carboxylic acids is 1. The molecule has 0 aromatic heterocycles. The van der Waals surface area contributed by atoms with Crippen LogP contribution in [-0.2, 0) is 9.59 Å². The third-order valence-electron chi connectivity index (χ3n) is 3.42. The van der Waals surface area contributed by atoms with E-state index in [4.69, 9.17) is 5.11 Å². The second kappa shape index (κ2) is 5.67. The first-order valence-electron chi connectivity index (χ1n) is 5.94. The smallest absolute Gasteiger partial charge is 0.307 e. The maximum atomic E-state index is 11.9. The second-order valence-electron chi connectivity index (χ2n) is 4.65. The molecular formula is C14H19NO3. The molecular weight excluding hydrogens is 230 g/mol. The second-order valence-corrected chi connectivity index (χ2v) is 4.65. The van der Waals surface area contributed by atoms with Crippen LogP contribution in [0.25, 0.3) is 0 Å². The van der Waals surface area contributed by atoms with Crippen molar-refractivity contribution in [1.29, 1.82) is 0 Å². The fourth-order valence-corrected chi connectivity index (χ4v) is 1.57. The van der Waals surface area contributed by atoms with Crippen LogP contribution in [0.4, 0.5) is 5.69 Å². The average molecular weight is 249 g/mol. The summed E-state index contributed by atoms with van der Waals surface area (Å²) < 4.78 is 0. The zero-order chi connectivity index (χ0) is 13.9.